The van der Waals surface area contributed by atoms with E-state index >= 15 is 0 Å². The summed E-state index contributed by atoms with van der Waals surface area (Å²) in [5, 5.41) is 0. The van der Waals surface area contributed by atoms with Crippen molar-refractivity contribution in [1.82, 2.24) is 0 Å². The van der Waals surface area contributed by atoms with Crippen molar-refractivity contribution in [2.24, 2.45) is 5.92 Å². The molecule has 12 heavy (non-hydrogen) atoms. The molecule has 0 bridgehead atoms. The van der Waals surface area contributed by atoms with Gasteiger partial charge in [-0.2, -0.15) is 0 Å². The van der Waals surface area contributed by atoms with Crippen LogP contribution in [0.1, 0.15) is 20.8 Å². The minimum Gasteiger partial charge on any atom is -0.379 e. The molecular weight excluding hydrogens is 152 g/mol. The molecule has 1 unspecified atom stereocenters. The van der Waals surface area contributed by atoms with Crippen molar-refractivity contribution < 1.29 is 9.47 Å². The predicted molar refractivity (Wildman–Crippen MR) is 51.3 cm³/mol. The first-order chi connectivity index (χ1) is 5.66. The number of ether oxygens (including phenoxy) is 2. The van der Waals surface area contributed by atoms with Gasteiger partial charge in [0, 0.05) is 6.61 Å². The quantitative estimate of drug-likeness (QED) is 0.548. The molecule has 2 heteroatoms. The Balaban J connectivity index is 3.18. The number of hydrogen-bond acceptors (Lipinski definition) is 2. The lowest BCUT2D eigenvalue weighted by atomic mass is 10.2. The Hall–Kier alpha value is -0.340. The van der Waals surface area contributed by atoms with Gasteiger partial charge >= 0.3 is 0 Å². The first-order valence-corrected chi connectivity index (χ1v) is 4.47. The standard InChI is InChI=1S/C10H20O2/c1-5-6-12-10(4)8-11-7-9(2)3/h5,9-10H,1,6-8H2,2-4H3. The van der Waals surface area contributed by atoms with Gasteiger partial charge in [-0.1, -0.05) is 19.9 Å². The van der Waals surface area contributed by atoms with Crippen molar-refractivity contribution in [2.45, 2.75) is 26.9 Å². The Labute approximate surface area is 75.6 Å². The summed E-state index contributed by atoms with van der Waals surface area (Å²) >= 11 is 0. The Bertz CT molecular complexity index is 110. The molecule has 0 aliphatic heterocycles. The van der Waals surface area contributed by atoms with E-state index in [0.29, 0.717) is 19.1 Å². The first kappa shape index (κ1) is 11.7. The molecule has 0 amide bonds. The van der Waals surface area contributed by atoms with Crippen molar-refractivity contribution in [3.05, 3.63) is 12.7 Å². The van der Waals surface area contributed by atoms with Crippen LogP contribution in [0, 0.1) is 5.92 Å². The fourth-order valence-electron chi connectivity index (χ4n) is 0.750. The molecular formula is C10H20O2. The van der Waals surface area contributed by atoms with Crippen LogP contribution in [0.2, 0.25) is 0 Å². The van der Waals surface area contributed by atoms with Crippen molar-refractivity contribution >= 4 is 0 Å². The minimum atomic E-state index is 0.168. The normalized spacial score (nSPS) is 13.3. The maximum atomic E-state index is 5.39. The van der Waals surface area contributed by atoms with Gasteiger partial charge in [-0.05, 0) is 12.8 Å². The lowest BCUT2D eigenvalue weighted by Crippen LogP contribution is -2.17. The number of rotatable bonds is 7. The maximum Gasteiger partial charge on any atom is 0.0784 e. The molecule has 0 saturated carbocycles. The minimum absolute atomic E-state index is 0.168. The van der Waals surface area contributed by atoms with E-state index < -0.39 is 0 Å². The summed E-state index contributed by atoms with van der Waals surface area (Å²) in [6.07, 6.45) is 1.92. The molecule has 0 spiro atoms. The molecule has 0 rings (SSSR count). The van der Waals surface area contributed by atoms with Gasteiger partial charge in [0.2, 0.25) is 0 Å². The SMILES string of the molecule is C=CCOC(C)COCC(C)C. The van der Waals surface area contributed by atoms with Gasteiger partial charge < -0.3 is 9.47 Å². The molecule has 0 aromatic heterocycles. The molecule has 0 N–H and O–H groups in total. The van der Waals surface area contributed by atoms with Crippen LogP contribution in [0.25, 0.3) is 0 Å². The van der Waals surface area contributed by atoms with E-state index in [4.69, 9.17) is 9.47 Å². The van der Waals surface area contributed by atoms with Crippen LogP contribution >= 0.6 is 0 Å². The molecule has 0 aliphatic carbocycles. The molecule has 0 aromatic rings. The Morgan fingerprint density at radius 1 is 1.25 bits per heavy atom. The average Bonchev–Trinajstić information content (AvgIpc) is 2.00. The summed E-state index contributed by atoms with van der Waals surface area (Å²) < 4.78 is 10.7. The van der Waals surface area contributed by atoms with Gasteiger partial charge in [-0.25, -0.2) is 0 Å². The maximum absolute atomic E-state index is 5.39. The Morgan fingerprint density at radius 2 is 1.92 bits per heavy atom. The van der Waals surface area contributed by atoms with Gasteiger partial charge in [0.15, 0.2) is 0 Å². The summed E-state index contributed by atoms with van der Waals surface area (Å²) in [6, 6.07) is 0. The third-order valence-electron chi connectivity index (χ3n) is 1.30. The second-order valence-corrected chi connectivity index (χ2v) is 3.36. The molecule has 0 saturated heterocycles. The summed E-state index contributed by atoms with van der Waals surface area (Å²) in [7, 11) is 0. The van der Waals surface area contributed by atoms with E-state index in [1.807, 2.05) is 6.92 Å². The number of hydrogen-bond donors (Lipinski definition) is 0. The molecule has 0 aliphatic rings. The van der Waals surface area contributed by atoms with E-state index in [1.54, 1.807) is 6.08 Å². The lowest BCUT2D eigenvalue weighted by Gasteiger charge is -2.13. The summed E-state index contributed by atoms with van der Waals surface area (Å²) in [6.45, 7) is 11.9. The third-order valence-corrected chi connectivity index (χ3v) is 1.30. The fraction of sp³-hybridized carbons (Fsp3) is 0.800. The van der Waals surface area contributed by atoms with Crippen LogP contribution in [0.5, 0.6) is 0 Å². The van der Waals surface area contributed by atoms with Crippen LogP contribution in [0.4, 0.5) is 0 Å². The summed E-state index contributed by atoms with van der Waals surface area (Å²) in [5.41, 5.74) is 0. The van der Waals surface area contributed by atoms with E-state index in [0.717, 1.165) is 6.61 Å². The highest BCUT2D eigenvalue weighted by Gasteiger charge is 2.01. The highest BCUT2D eigenvalue weighted by atomic mass is 16.5. The Morgan fingerprint density at radius 3 is 2.42 bits per heavy atom. The van der Waals surface area contributed by atoms with Gasteiger partial charge in [0.1, 0.15) is 0 Å². The first-order valence-electron chi connectivity index (χ1n) is 4.47. The molecule has 72 valence electrons. The van der Waals surface area contributed by atoms with Crippen LogP contribution in [0.15, 0.2) is 12.7 Å². The van der Waals surface area contributed by atoms with Crippen molar-refractivity contribution in [2.75, 3.05) is 19.8 Å². The van der Waals surface area contributed by atoms with Crippen LogP contribution in [-0.2, 0) is 9.47 Å². The molecule has 0 fully saturated rings. The topological polar surface area (TPSA) is 18.5 Å². The van der Waals surface area contributed by atoms with Crippen molar-refractivity contribution in [3.8, 4) is 0 Å². The van der Waals surface area contributed by atoms with Gasteiger partial charge in [0.25, 0.3) is 0 Å². The Kier molecular flexibility index (Phi) is 7.11. The van der Waals surface area contributed by atoms with Gasteiger partial charge in [0.05, 0.1) is 19.3 Å². The lowest BCUT2D eigenvalue weighted by molar-refractivity contribution is -0.00271. The fourth-order valence-corrected chi connectivity index (χ4v) is 0.750. The second-order valence-electron chi connectivity index (χ2n) is 3.36. The van der Waals surface area contributed by atoms with Crippen LogP contribution in [-0.4, -0.2) is 25.9 Å². The smallest absolute Gasteiger partial charge is 0.0784 e. The van der Waals surface area contributed by atoms with Crippen LogP contribution in [0.3, 0.4) is 0 Å². The second kappa shape index (κ2) is 7.32. The zero-order valence-corrected chi connectivity index (χ0v) is 8.38. The van der Waals surface area contributed by atoms with Gasteiger partial charge in [-0.15, -0.1) is 6.58 Å². The zero-order valence-electron chi connectivity index (χ0n) is 8.38. The highest BCUT2D eigenvalue weighted by molar-refractivity contribution is 4.65. The van der Waals surface area contributed by atoms with E-state index in [-0.39, 0.29) is 6.10 Å². The molecule has 1 atom stereocenters. The largest absolute Gasteiger partial charge is 0.379 e. The molecule has 2 nitrogen and oxygen atoms in total. The van der Waals surface area contributed by atoms with E-state index in [2.05, 4.69) is 20.4 Å². The van der Waals surface area contributed by atoms with E-state index in [9.17, 15) is 0 Å². The zero-order chi connectivity index (χ0) is 9.40. The van der Waals surface area contributed by atoms with E-state index in [1.165, 1.54) is 0 Å². The van der Waals surface area contributed by atoms with Crippen LogP contribution < -0.4 is 0 Å². The summed E-state index contributed by atoms with van der Waals surface area (Å²) in [5.74, 6) is 0.594. The molecule has 0 radical (unpaired) electrons. The average molecular weight is 172 g/mol. The van der Waals surface area contributed by atoms with Gasteiger partial charge in [-0.3, -0.25) is 0 Å². The molecule has 0 heterocycles. The monoisotopic (exact) mass is 172 g/mol. The van der Waals surface area contributed by atoms with Crippen molar-refractivity contribution in [3.63, 3.8) is 0 Å². The van der Waals surface area contributed by atoms with Crippen molar-refractivity contribution in [1.29, 1.82) is 0 Å². The predicted octanol–water partition coefficient (Wildman–Crippen LogP) is 2.25. The highest BCUT2D eigenvalue weighted by Crippen LogP contribution is 1.96. The molecule has 0 aromatic carbocycles. The summed E-state index contributed by atoms with van der Waals surface area (Å²) in [4.78, 5) is 0. The third kappa shape index (κ3) is 7.76.